The Balaban J connectivity index is 2.77. The Morgan fingerprint density at radius 3 is 2.29 bits per heavy atom. The first-order chi connectivity index (χ1) is 11.3. The van der Waals surface area contributed by atoms with Crippen LogP contribution in [-0.4, -0.2) is 35.2 Å². The molecule has 0 aliphatic heterocycles. The molecule has 0 radical (unpaired) electrons. The second-order valence-corrected chi connectivity index (χ2v) is 5.65. The van der Waals surface area contributed by atoms with Gasteiger partial charge in [-0.25, -0.2) is 0 Å². The third kappa shape index (κ3) is 5.61. The van der Waals surface area contributed by atoms with E-state index in [-0.39, 0.29) is 53.7 Å². The SMILES string of the molecule is CC[C@@H](C)C(=O)c1c(O)cc(OC/C=C(\C)COC(C)=O)cc1O. The standard InChI is InChI=1S/C18H24O6/c1-5-12(3)18(22)17-15(20)8-14(9-16(17)21)23-7-6-11(2)10-24-13(4)19/h6,8-9,12,20-21H,5,7,10H2,1-4H3/b11-6+/t12-/m1/s1. The number of hydrogen-bond donors (Lipinski definition) is 2. The monoisotopic (exact) mass is 336 g/mol. The van der Waals surface area contributed by atoms with Gasteiger partial charge in [0.1, 0.15) is 36.0 Å². The van der Waals surface area contributed by atoms with Gasteiger partial charge in [-0.15, -0.1) is 0 Å². The molecule has 6 heteroatoms. The van der Waals surface area contributed by atoms with Crippen molar-refractivity contribution in [2.75, 3.05) is 13.2 Å². The summed E-state index contributed by atoms with van der Waals surface area (Å²) in [4.78, 5) is 22.9. The van der Waals surface area contributed by atoms with E-state index in [0.717, 1.165) is 5.57 Å². The van der Waals surface area contributed by atoms with E-state index >= 15 is 0 Å². The molecule has 0 fully saturated rings. The molecule has 0 heterocycles. The lowest BCUT2D eigenvalue weighted by Crippen LogP contribution is -2.11. The van der Waals surface area contributed by atoms with Gasteiger partial charge in [0.25, 0.3) is 0 Å². The molecule has 0 spiro atoms. The average molecular weight is 336 g/mol. The molecule has 1 aromatic rings. The second-order valence-electron chi connectivity index (χ2n) is 5.65. The molecule has 0 saturated heterocycles. The lowest BCUT2D eigenvalue weighted by Gasteiger charge is -2.13. The Kier molecular flexibility index (Phi) is 7.30. The number of hydrogen-bond acceptors (Lipinski definition) is 6. The summed E-state index contributed by atoms with van der Waals surface area (Å²) < 4.78 is 10.3. The Labute approximate surface area is 141 Å². The predicted octanol–water partition coefficient (Wildman–Crippen LogP) is 3.21. The minimum Gasteiger partial charge on any atom is -0.507 e. The molecule has 2 N–H and O–H groups in total. The van der Waals surface area contributed by atoms with E-state index in [0.29, 0.717) is 6.42 Å². The normalized spacial score (nSPS) is 12.6. The molecule has 0 bridgehead atoms. The van der Waals surface area contributed by atoms with Crippen LogP contribution in [0, 0.1) is 5.92 Å². The number of esters is 1. The van der Waals surface area contributed by atoms with Gasteiger partial charge in [0, 0.05) is 25.0 Å². The van der Waals surface area contributed by atoms with E-state index < -0.39 is 0 Å². The Bertz CT molecular complexity index is 609. The molecule has 1 rings (SSSR count). The number of ether oxygens (including phenoxy) is 2. The first kappa shape index (κ1) is 19.5. The van der Waals surface area contributed by atoms with Crippen LogP contribution in [0.15, 0.2) is 23.8 Å². The third-order valence-corrected chi connectivity index (χ3v) is 3.56. The lowest BCUT2D eigenvalue weighted by molar-refractivity contribution is -0.139. The lowest BCUT2D eigenvalue weighted by atomic mass is 9.95. The van der Waals surface area contributed by atoms with Crippen molar-refractivity contribution in [2.45, 2.75) is 34.1 Å². The number of phenols is 2. The molecular weight excluding hydrogens is 312 g/mol. The fourth-order valence-electron chi connectivity index (χ4n) is 1.91. The van der Waals surface area contributed by atoms with Gasteiger partial charge in [0.2, 0.25) is 0 Å². The van der Waals surface area contributed by atoms with E-state index in [4.69, 9.17) is 9.47 Å². The van der Waals surface area contributed by atoms with Gasteiger partial charge in [-0.05, 0) is 25.0 Å². The van der Waals surface area contributed by atoms with Gasteiger partial charge in [-0.3, -0.25) is 9.59 Å². The number of rotatable bonds is 8. The molecule has 1 atom stereocenters. The zero-order valence-corrected chi connectivity index (χ0v) is 14.5. The van der Waals surface area contributed by atoms with Crippen LogP contribution in [-0.2, 0) is 9.53 Å². The van der Waals surface area contributed by atoms with Crippen LogP contribution in [0.3, 0.4) is 0 Å². The third-order valence-electron chi connectivity index (χ3n) is 3.56. The number of carbonyl (C=O) groups is 2. The van der Waals surface area contributed by atoms with E-state index in [2.05, 4.69) is 0 Å². The highest BCUT2D eigenvalue weighted by Gasteiger charge is 2.22. The number of ketones is 1. The van der Waals surface area contributed by atoms with Gasteiger partial charge in [0.15, 0.2) is 5.78 Å². The Morgan fingerprint density at radius 2 is 1.79 bits per heavy atom. The largest absolute Gasteiger partial charge is 0.507 e. The molecule has 0 aliphatic carbocycles. The molecule has 0 amide bonds. The van der Waals surface area contributed by atoms with E-state index in [1.807, 2.05) is 6.92 Å². The number of carbonyl (C=O) groups excluding carboxylic acids is 2. The van der Waals surface area contributed by atoms with Gasteiger partial charge >= 0.3 is 5.97 Å². The topological polar surface area (TPSA) is 93.1 Å². The van der Waals surface area contributed by atoms with Gasteiger partial charge in [-0.1, -0.05) is 13.8 Å². The predicted molar refractivity (Wildman–Crippen MR) is 89.4 cm³/mol. The Morgan fingerprint density at radius 1 is 1.21 bits per heavy atom. The molecule has 0 saturated carbocycles. The van der Waals surface area contributed by atoms with Crippen LogP contribution in [0.5, 0.6) is 17.2 Å². The van der Waals surface area contributed by atoms with Crippen LogP contribution in [0.1, 0.15) is 44.5 Å². The van der Waals surface area contributed by atoms with Crippen LogP contribution < -0.4 is 4.74 Å². The first-order valence-electron chi connectivity index (χ1n) is 7.78. The van der Waals surface area contributed by atoms with Crippen molar-refractivity contribution >= 4 is 11.8 Å². The van der Waals surface area contributed by atoms with E-state index in [1.165, 1.54) is 19.1 Å². The average Bonchev–Trinajstić information content (AvgIpc) is 2.51. The highest BCUT2D eigenvalue weighted by Crippen LogP contribution is 2.34. The summed E-state index contributed by atoms with van der Waals surface area (Å²) in [6.45, 7) is 7.07. The van der Waals surface area contributed by atoms with Gasteiger partial charge in [-0.2, -0.15) is 0 Å². The van der Waals surface area contributed by atoms with Crippen LogP contribution >= 0.6 is 0 Å². The Hall–Kier alpha value is -2.50. The quantitative estimate of drug-likeness (QED) is 0.430. The van der Waals surface area contributed by atoms with Crippen LogP contribution in [0.2, 0.25) is 0 Å². The van der Waals surface area contributed by atoms with Crippen molar-refractivity contribution in [3.63, 3.8) is 0 Å². The summed E-state index contributed by atoms with van der Waals surface area (Å²) >= 11 is 0. The number of phenolic OH excluding ortho intramolecular Hbond substituents is 2. The van der Waals surface area contributed by atoms with E-state index in [9.17, 15) is 19.8 Å². The summed E-state index contributed by atoms with van der Waals surface area (Å²) in [5.41, 5.74) is 0.723. The highest BCUT2D eigenvalue weighted by molar-refractivity contribution is 6.02. The maximum Gasteiger partial charge on any atom is 0.302 e. The molecule has 1 aromatic carbocycles. The molecule has 24 heavy (non-hydrogen) atoms. The minimum atomic E-state index is -0.361. The number of benzene rings is 1. The molecule has 6 nitrogen and oxygen atoms in total. The summed E-state index contributed by atoms with van der Waals surface area (Å²) in [5, 5.41) is 20.0. The second kappa shape index (κ2) is 8.96. The zero-order valence-electron chi connectivity index (χ0n) is 14.5. The fourth-order valence-corrected chi connectivity index (χ4v) is 1.91. The van der Waals surface area contributed by atoms with Crippen molar-refractivity contribution in [2.24, 2.45) is 5.92 Å². The van der Waals surface area contributed by atoms with Crippen molar-refractivity contribution < 1.29 is 29.3 Å². The summed E-state index contributed by atoms with van der Waals surface area (Å²) in [5.74, 6) is -1.34. The van der Waals surface area contributed by atoms with Crippen molar-refractivity contribution in [3.05, 3.63) is 29.3 Å². The van der Waals surface area contributed by atoms with Crippen LogP contribution in [0.25, 0.3) is 0 Å². The fraction of sp³-hybridized carbons (Fsp3) is 0.444. The molecule has 0 aromatic heterocycles. The number of aromatic hydroxyl groups is 2. The number of Topliss-reactive ketones (excluding diaryl/α,β-unsaturated/α-hetero) is 1. The maximum absolute atomic E-state index is 12.1. The summed E-state index contributed by atoms with van der Waals surface area (Å²) in [6.07, 6.45) is 2.33. The summed E-state index contributed by atoms with van der Waals surface area (Å²) in [7, 11) is 0. The first-order valence-corrected chi connectivity index (χ1v) is 7.78. The molecule has 0 aliphatic rings. The van der Waals surface area contributed by atoms with Crippen LogP contribution in [0.4, 0.5) is 0 Å². The molecule has 132 valence electrons. The highest BCUT2D eigenvalue weighted by atomic mass is 16.5. The smallest absolute Gasteiger partial charge is 0.302 e. The minimum absolute atomic E-state index is 0.0849. The summed E-state index contributed by atoms with van der Waals surface area (Å²) in [6, 6.07) is 2.59. The van der Waals surface area contributed by atoms with Gasteiger partial charge < -0.3 is 19.7 Å². The van der Waals surface area contributed by atoms with Gasteiger partial charge in [0.05, 0.1) is 0 Å². The van der Waals surface area contributed by atoms with Crippen molar-refractivity contribution in [1.29, 1.82) is 0 Å². The van der Waals surface area contributed by atoms with Crippen molar-refractivity contribution in [3.8, 4) is 17.2 Å². The zero-order chi connectivity index (χ0) is 18.3. The molecular formula is C18H24O6. The molecule has 0 unspecified atom stereocenters. The maximum atomic E-state index is 12.1. The van der Waals surface area contributed by atoms with E-state index in [1.54, 1.807) is 19.9 Å². The van der Waals surface area contributed by atoms with Crippen molar-refractivity contribution in [1.82, 2.24) is 0 Å².